The van der Waals surface area contributed by atoms with Crippen LogP contribution in [0.2, 0.25) is 5.15 Å². The summed E-state index contributed by atoms with van der Waals surface area (Å²) in [4.78, 5) is 2.35. The van der Waals surface area contributed by atoms with Gasteiger partial charge in [-0.3, -0.25) is 0 Å². The number of nitrogens with zero attached hydrogens (tertiary/aromatic N) is 3. The maximum Gasteiger partial charge on any atom is 0.151 e. The van der Waals surface area contributed by atoms with Crippen LogP contribution in [0.4, 0.5) is 5.82 Å². The first-order chi connectivity index (χ1) is 7.33. The molecular formula is C11H14ClN3. The smallest absolute Gasteiger partial charge is 0.151 e. The van der Waals surface area contributed by atoms with Gasteiger partial charge in [-0.15, -0.1) is 10.2 Å². The fourth-order valence-electron chi connectivity index (χ4n) is 2.90. The monoisotopic (exact) mass is 223 g/mol. The highest BCUT2D eigenvalue weighted by molar-refractivity contribution is 6.29. The Bertz CT molecular complexity index is 339. The summed E-state index contributed by atoms with van der Waals surface area (Å²) in [5.41, 5.74) is 0. The van der Waals surface area contributed by atoms with Crippen molar-refractivity contribution in [3.05, 3.63) is 17.3 Å². The third kappa shape index (κ3) is 1.69. The third-order valence-electron chi connectivity index (χ3n) is 3.67. The van der Waals surface area contributed by atoms with Crippen molar-refractivity contribution in [2.45, 2.75) is 19.3 Å². The van der Waals surface area contributed by atoms with E-state index in [2.05, 4.69) is 15.1 Å². The quantitative estimate of drug-likeness (QED) is 0.732. The highest BCUT2D eigenvalue weighted by atomic mass is 35.5. The zero-order valence-electron chi connectivity index (χ0n) is 8.56. The minimum atomic E-state index is 0.471. The Hall–Kier alpha value is -0.830. The number of hydrogen-bond donors (Lipinski definition) is 0. The highest BCUT2D eigenvalue weighted by Gasteiger charge is 2.36. The molecule has 2 unspecified atom stereocenters. The molecule has 3 nitrogen and oxygen atoms in total. The molecule has 2 aliphatic rings. The molecule has 1 aliphatic carbocycles. The molecule has 0 aromatic carbocycles. The number of hydrogen-bond acceptors (Lipinski definition) is 3. The van der Waals surface area contributed by atoms with Crippen molar-refractivity contribution in [3.63, 3.8) is 0 Å². The highest BCUT2D eigenvalue weighted by Crippen LogP contribution is 2.38. The lowest BCUT2D eigenvalue weighted by Crippen LogP contribution is -2.22. The second-order valence-electron chi connectivity index (χ2n) is 4.57. The fourth-order valence-corrected chi connectivity index (χ4v) is 3.00. The van der Waals surface area contributed by atoms with Crippen molar-refractivity contribution in [2.75, 3.05) is 18.0 Å². The largest absolute Gasteiger partial charge is 0.355 e. The van der Waals surface area contributed by atoms with Crippen molar-refractivity contribution in [2.24, 2.45) is 11.8 Å². The summed E-state index contributed by atoms with van der Waals surface area (Å²) in [6, 6.07) is 3.79. The molecule has 0 spiro atoms. The molecule has 2 atom stereocenters. The Balaban J connectivity index is 1.76. The molecule has 0 bridgehead atoms. The van der Waals surface area contributed by atoms with Gasteiger partial charge < -0.3 is 4.90 Å². The van der Waals surface area contributed by atoms with Crippen molar-refractivity contribution in [1.82, 2.24) is 10.2 Å². The van der Waals surface area contributed by atoms with E-state index in [9.17, 15) is 0 Å². The summed E-state index contributed by atoms with van der Waals surface area (Å²) < 4.78 is 0. The summed E-state index contributed by atoms with van der Waals surface area (Å²) in [5.74, 6) is 2.76. The summed E-state index contributed by atoms with van der Waals surface area (Å²) in [6.45, 7) is 2.31. The molecule has 1 saturated heterocycles. The molecule has 15 heavy (non-hydrogen) atoms. The molecule has 1 aromatic rings. The molecular weight excluding hydrogens is 210 g/mol. The summed E-state index contributed by atoms with van der Waals surface area (Å²) in [7, 11) is 0. The fraction of sp³-hybridized carbons (Fsp3) is 0.636. The second-order valence-corrected chi connectivity index (χ2v) is 4.96. The molecule has 80 valence electrons. The number of rotatable bonds is 1. The molecule has 1 aliphatic heterocycles. The van der Waals surface area contributed by atoms with Gasteiger partial charge in [0.1, 0.15) is 0 Å². The average Bonchev–Trinajstić information content (AvgIpc) is 2.78. The second kappa shape index (κ2) is 3.63. The first kappa shape index (κ1) is 9.40. The summed E-state index contributed by atoms with van der Waals surface area (Å²) in [5, 5.41) is 8.49. The van der Waals surface area contributed by atoms with E-state index in [0.717, 1.165) is 30.7 Å². The predicted octanol–water partition coefficient (Wildman–Crippen LogP) is 2.37. The number of fused-ring (bicyclic) bond motifs is 1. The number of anilines is 1. The SMILES string of the molecule is Clc1ccc(N2CC3CCCC3C2)nn1. The van der Waals surface area contributed by atoms with Gasteiger partial charge in [-0.25, -0.2) is 0 Å². The van der Waals surface area contributed by atoms with Crippen LogP contribution in [0.3, 0.4) is 0 Å². The summed E-state index contributed by atoms with van der Waals surface area (Å²) >= 11 is 5.72. The van der Waals surface area contributed by atoms with Gasteiger partial charge in [0.25, 0.3) is 0 Å². The van der Waals surface area contributed by atoms with Crippen LogP contribution in [0.25, 0.3) is 0 Å². The Morgan fingerprint density at radius 3 is 2.47 bits per heavy atom. The van der Waals surface area contributed by atoms with Crippen LogP contribution < -0.4 is 4.90 Å². The minimum Gasteiger partial charge on any atom is -0.355 e. The average molecular weight is 224 g/mol. The van der Waals surface area contributed by atoms with E-state index >= 15 is 0 Å². The molecule has 0 amide bonds. The molecule has 0 radical (unpaired) electrons. The summed E-state index contributed by atoms with van der Waals surface area (Å²) in [6.07, 6.45) is 4.19. The number of aromatic nitrogens is 2. The van der Waals surface area contributed by atoms with Gasteiger partial charge in [-0.2, -0.15) is 0 Å². The van der Waals surface area contributed by atoms with Gasteiger partial charge in [0.05, 0.1) is 0 Å². The van der Waals surface area contributed by atoms with Crippen LogP contribution in [-0.2, 0) is 0 Å². The maximum atomic E-state index is 5.72. The Morgan fingerprint density at radius 1 is 1.13 bits per heavy atom. The van der Waals surface area contributed by atoms with Crippen molar-refractivity contribution < 1.29 is 0 Å². The van der Waals surface area contributed by atoms with E-state index in [1.165, 1.54) is 19.3 Å². The van der Waals surface area contributed by atoms with E-state index in [4.69, 9.17) is 11.6 Å². The van der Waals surface area contributed by atoms with E-state index < -0.39 is 0 Å². The van der Waals surface area contributed by atoms with Crippen LogP contribution in [-0.4, -0.2) is 23.3 Å². The van der Waals surface area contributed by atoms with Gasteiger partial charge in [0.2, 0.25) is 0 Å². The molecule has 1 aromatic heterocycles. The molecule has 2 heterocycles. The lowest BCUT2D eigenvalue weighted by molar-refractivity contribution is 0.494. The van der Waals surface area contributed by atoms with Crippen LogP contribution in [0.15, 0.2) is 12.1 Å². The Kier molecular flexibility index (Phi) is 2.28. The lowest BCUT2D eigenvalue weighted by atomic mass is 10.0. The van der Waals surface area contributed by atoms with Crippen LogP contribution in [0.5, 0.6) is 0 Å². The Morgan fingerprint density at radius 2 is 1.87 bits per heavy atom. The zero-order valence-corrected chi connectivity index (χ0v) is 9.32. The van der Waals surface area contributed by atoms with E-state index in [0.29, 0.717) is 5.15 Å². The minimum absolute atomic E-state index is 0.471. The molecule has 1 saturated carbocycles. The van der Waals surface area contributed by atoms with Gasteiger partial charge >= 0.3 is 0 Å². The zero-order chi connectivity index (χ0) is 10.3. The first-order valence-electron chi connectivity index (χ1n) is 5.57. The van der Waals surface area contributed by atoms with Crippen LogP contribution >= 0.6 is 11.6 Å². The van der Waals surface area contributed by atoms with Crippen LogP contribution in [0, 0.1) is 11.8 Å². The predicted molar refractivity (Wildman–Crippen MR) is 60.1 cm³/mol. The van der Waals surface area contributed by atoms with Gasteiger partial charge in [-0.05, 0) is 36.8 Å². The van der Waals surface area contributed by atoms with Gasteiger partial charge in [0, 0.05) is 13.1 Å². The molecule has 4 heteroatoms. The topological polar surface area (TPSA) is 29.0 Å². The van der Waals surface area contributed by atoms with E-state index in [-0.39, 0.29) is 0 Å². The maximum absolute atomic E-state index is 5.72. The van der Waals surface area contributed by atoms with E-state index in [1.807, 2.05) is 12.1 Å². The van der Waals surface area contributed by atoms with Gasteiger partial charge in [0.15, 0.2) is 11.0 Å². The molecule has 0 N–H and O–H groups in total. The van der Waals surface area contributed by atoms with Crippen molar-refractivity contribution in [3.8, 4) is 0 Å². The normalized spacial score (nSPS) is 29.5. The Labute approximate surface area is 94.4 Å². The van der Waals surface area contributed by atoms with E-state index in [1.54, 1.807) is 0 Å². The standard InChI is InChI=1S/C11H14ClN3/c12-10-4-5-11(14-13-10)15-6-8-2-1-3-9(8)7-15/h4-5,8-9H,1-3,6-7H2. The third-order valence-corrected chi connectivity index (χ3v) is 3.87. The van der Waals surface area contributed by atoms with Crippen LogP contribution in [0.1, 0.15) is 19.3 Å². The van der Waals surface area contributed by atoms with Gasteiger partial charge in [-0.1, -0.05) is 18.0 Å². The van der Waals surface area contributed by atoms with Crippen molar-refractivity contribution in [1.29, 1.82) is 0 Å². The number of halogens is 1. The van der Waals surface area contributed by atoms with Crippen molar-refractivity contribution >= 4 is 17.4 Å². The lowest BCUT2D eigenvalue weighted by Gasteiger charge is -2.17. The molecule has 2 fully saturated rings. The first-order valence-corrected chi connectivity index (χ1v) is 5.95. The molecule has 3 rings (SSSR count).